The Morgan fingerprint density at radius 1 is 1.08 bits per heavy atom. The van der Waals surface area contributed by atoms with Gasteiger partial charge in [-0.25, -0.2) is 0 Å². The Kier molecular flexibility index (Phi) is 4.98. The number of piperidine rings is 1. The number of likely N-dealkylation sites (tertiary alicyclic amines) is 1. The summed E-state index contributed by atoms with van der Waals surface area (Å²) in [6, 6.07) is 9.62. The topological polar surface area (TPSA) is 52.7 Å². The summed E-state index contributed by atoms with van der Waals surface area (Å²) < 4.78 is 0. The third-order valence-electron chi connectivity index (χ3n) is 6.15. The molecule has 1 atom stereocenters. The number of amides is 2. The number of fused-ring (bicyclic) bond motifs is 1. The number of carbonyl (C=O) groups excluding carboxylic acids is 2. The molecule has 0 aromatic heterocycles. The first-order chi connectivity index (χ1) is 12.6. The highest BCUT2D eigenvalue weighted by Gasteiger charge is 2.36. The fourth-order valence-electron chi connectivity index (χ4n) is 4.54. The van der Waals surface area contributed by atoms with Crippen molar-refractivity contribution in [3.8, 4) is 0 Å². The van der Waals surface area contributed by atoms with Crippen LogP contribution in [0.1, 0.15) is 56.2 Å². The van der Waals surface area contributed by atoms with Crippen LogP contribution in [-0.4, -0.2) is 53.3 Å². The molecule has 140 valence electrons. The van der Waals surface area contributed by atoms with Crippen molar-refractivity contribution < 1.29 is 9.59 Å². The number of hydrogen-bond acceptors (Lipinski definition) is 3. The van der Waals surface area contributed by atoms with Crippen molar-refractivity contribution in [2.75, 3.05) is 19.6 Å². The molecule has 0 spiro atoms. The van der Waals surface area contributed by atoms with E-state index in [1.165, 1.54) is 11.1 Å². The minimum absolute atomic E-state index is 0.160. The molecule has 2 fully saturated rings. The lowest BCUT2D eigenvalue weighted by Crippen LogP contribution is -2.50. The molecule has 5 nitrogen and oxygen atoms in total. The lowest BCUT2D eigenvalue weighted by molar-refractivity contribution is -0.130. The molecule has 3 aliphatic rings. The van der Waals surface area contributed by atoms with Crippen molar-refractivity contribution in [3.63, 3.8) is 0 Å². The molecular formula is C21H29N3O2. The summed E-state index contributed by atoms with van der Waals surface area (Å²) in [5.74, 6) is 0.355. The van der Waals surface area contributed by atoms with Crippen LogP contribution in [0, 0.1) is 0 Å². The van der Waals surface area contributed by atoms with Crippen LogP contribution in [0.3, 0.4) is 0 Å². The van der Waals surface area contributed by atoms with Crippen LogP contribution in [0.15, 0.2) is 24.3 Å². The van der Waals surface area contributed by atoms with Gasteiger partial charge in [0.15, 0.2) is 0 Å². The van der Waals surface area contributed by atoms with Gasteiger partial charge in [-0.2, -0.15) is 0 Å². The first kappa shape index (κ1) is 17.5. The van der Waals surface area contributed by atoms with Crippen LogP contribution in [0.25, 0.3) is 0 Å². The van der Waals surface area contributed by atoms with Gasteiger partial charge in [0.05, 0.1) is 0 Å². The van der Waals surface area contributed by atoms with Gasteiger partial charge in [-0.1, -0.05) is 24.3 Å². The molecule has 1 N–H and O–H groups in total. The van der Waals surface area contributed by atoms with Crippen LogP contribution in [-0.2, 0) is 16.0 Å². The van der Waals surface area contributed by atoms with Gasteiger partial charge in [0.1, 0.15) is 0 Å². The molecule has 2 amide bonds. The summed E-state index contributed by atoms with van der Waals surface area (Å²) in [5.41, 5.74) is 2.70. The van der Waals surface area contributed by atoms with Gasteiger partial charge in [-0.05, 0) is 43.2 Å². The van der Waals surface area contributed by atoms with Crippen molar-refractivity contribution in [1.82, 2.24) is 15.1 Å². The van der Waals surface area contributed by atoms with Crippen molar-refractivity contribution >= 4 is 11.8 Å². The summed E-state index contributed by atoms with van der Waals surface area (Å²) in [6.45, 7) is 4.32. The van der Waals surface area contributed by atoms with Crippen molar-refractivity contribution in [2.45, 2.75) is 63.6 Å². The smallest absolute Gasteiger partial charge is 0.222 e. The Morgan fingerprint density at radius 3 is 2.50 bits per heavy atom. The zero-order valence-electron chi connectivity index (χ0n) is 15.6. The molecule has 1 saturated carbocycles. The minimum atomic E-state index is 0.160. The number of benzene rings is 1. The van der Waals surface area contributed by atoms with E-state index in [9.17, 15) is 9.59 Å². The van der Waals surface area contributed by atoms with E-state index >= 15 is 0 Å². The van der Waals surface area contributed by atoms with Crippen molar-refractivity contribution in [3.05, 3.63) is 35.4 Å². The Bertz CT molecular complexity index is 678. The number of hydrogen-bond donors (Lipinski definition) is 1. The van der Waals surface area contributed by atoms with Crippen LogP contribution < -0.4 is 5.32 Å². The standard InChI is InChI=1S/C21H29N3O2/c1-15(25)23-11-9-18(10-12-23)24-13-8-16-4-2-3-5-19(16)20(24)14-21(26)22-17-6-7-17/h2-5,17-18,20H,6-14H2,1H3,(H,22,26). The molecule has 1 unspecified atom stereocenters. The van der Waals surface area contributed by atoms with E-state index in [4.69, 9.17) is 0 Å². The van der Waals surface area contributed by atoms with E-state index in [-0.39, 0.29) is 17.9 Å². The highest BCUT2D eigenvalue weighted by Crippen LogP contribution is 2.36. The highest BCUT2D eigenvalue weighted by atomic mass is 16.2. The van der Waals surface area contributed by atoms with E-state index < -0.39 is 0 Å². The van der Waals surface area contributed by atoms with Crippen LogP contribution >= 0.6 is 0 Å². The summed E-state index contributed by atoms with van der Waals surface area (Å²) in [7, 11) is 0. The zero-order chi connectivity index (χ0) is 18.1. The third kappa shape index (κ3) is 3.78. The molecule has 0 bridgehead atoms. The summed E-state index contributed by atoms with van der Waals surface area (Å²) in [5, 5.41) is 3.16. The van der Waals surface area contributed by atoms with Crippen molar-refractivity contribution in [1.29, 1.82) is 0 Å². The number of carbonyl (C=O) groups is 2. The van der Waals surface area contributed by atoms with Crippen LogP contribution in [0.2, 0.25) is 0 Å². The molecule has 1 aromatic rings. The van der Waals surface area contributed by atoms with Gasteiger partial charge in [0, 0.05) is 51.1 Å². The maximum absolute atomic E-state index is 12.6. The number of rotatable bonds is 4. The van der Waals surface area contributed by atoms with E-state index in [1.807, 2.05) is 4.90 Å². The van der Waals surface area contributed by atoms with E-state index in [1.54, 1.807) is 6.92 Å². The Labute approximate surface area is 155 Å². The normalized spacial score (nSPS) is 24.2. The molecule has 5 heteroatoms. The average Bonchev–Trinajstić information content (AvgIpc) is 3.46. The predicted octanol–water partition coefficient (Wildman–Crippen LogP) is 2.27. The molecule has 1 aromatic carbocycles. The Hall–Kier alpha value is -1.88. The van der Waals surface area contributed by atoms with Gasteiger partial charge in [-0.3, -0.25) is 14.5 Å². The maximum Gasteiger partial charge on any atom is 0.222 e. The van der Waals surface area contributed by atoms with Crippen molar-refractivity contribution in [2.24, 2.45) is 0 Å². The second kappa shape index (κ2) is 7.39. The van der Waals surface area contributed by atoms with E-state index in [2.05, 4.69) is 34.5 Å². The van der Waals surface area contributed by atoms with E-state index in [0.717, 1.165) is 51.7 Å². The Balaban J connectivity index is 1.50. The summed E-state index contributed by atoms with van der Waals surface area (Å²) in [6.07, 6.45) is 5.84. The molecule has 2 aliphatic heterocycles. The first-order valence-electron chi connectivity index (χ1n) is 10.00. The quantitative estimate of drug-likeness (QED) is 0.901. The molecule has 1 saturated heterocycles. The van der Waals surface area contributed by atoms with Gasteiger partial charge >= 0.3 is 0 Å². The Morgan fingerprint density at radius 2 is 1.81 bits per heavy atom. The van der Waals surface area contributed by atoms with Crippen LogP contribution in [0.4, 0.5) is 0 Å². The average molecular weight is 355 g/mol. The number of nitrogens with zero attached hydrogens (tertiary/aromatic N) is 2. The molecule has 26 heavy (non-hydrogen) atoms. The highest BCUT2D eigenvalue weighted by molar-refractivity contribution is 5.77. The van der Waals surface area contributed by atoms with Gasteiger partial charge in [0.25, 0.3) is 0 Å². The SMILES string of the molecule is CC(=O)N1CCC(N2CCc3ccccc3C2CC(=O)NC2CC2)CC1. The fourth-order valence-corrected chi connectivity index (χ4v) is 4.54. The lowest BCUT2D eigenvalue weighted by atomic mass is 9.87. The summed E-state index contributed by atoms with van der Waals surface area (Å²) >= 11 is 0. The molecule has 2 heterocycles. The second-order valence-corrected chi connectivity index (χ2v) is 7.99. The monoisotopic (exact) mass is 355 g/mol. The molecule has 0 radical (unpaired) electrons. The molecule has 4 rings (SSSR count). The lowest BCUT2D eigenvalue weighted by Gasteiger charge is -2.45. The van der Waals surface area contributed by atoms with Gasteiger partial charge < -0.3 is 10.2 Å². The van der Waals surface area contributed by atoms with Gasteiger partial charge in [0.2, 0.25) is 11.8 Å². The number of nitrogens with one attached hydrogen (secondary N) is 1. The molecule has 1 aliphatic carbocycles. The van der Waals surface area contributed by atoms with E-state index in [0.29, 0.717) is 18.5 Å². The largest absolute Gasteiger partial charge is 0.353 e. The van der Waals surface area contributed by atoms with Gasteiger partial charge in [-0.15, -0.1) is 0 Å². The third-order valence-corrected chi connectivity index (χ3v) is 6.15. The first-order valence-corrected chi connectivity index (χ1v) is 10.00. The summed E-state index contributed by atoms with van der Waals surface area (Å²) in [4.78, 5) is 28.7. The fraction of sp³-hybridized carbons (Fsp3) is 0.619. The minimum Gasteiger partial charge on any atom is -0.353 e. The van der Waals surface area contributed by atoms with Crippen LogP contribution in [0.5, 0.6) is 0 Å². The molecular weight excluding hydrogens is 326 g/mol. The second-order valence-electron chi connectivity index (χ2n) is 7.99. The predicted molar refractivity (Wildman–Crippen MR) is 101 cm³/mol. The zero-order valence-corrected chi connectivity index (χ0v) is 15.6. The maximum atomic E-state index is 12.6.